The van der Waals surface area contributed by atoms with Crippen molar-refractivity contribution in [2.75, 3.05) is 18.5 Å². The smallest absolute Gasteiger partial charge is 0.131 e. The first-order chi connectivity index (χ1) is 5.79. The van der Waals surface area contributed by atoms with Crippen LogP contribution in [0.4, 0.5) is 5.82 Å². The normalized spacial score (nSPS) is 22.2. The Balaban J connectivity index is 2.47. The molecule has 0 saturated carbocycles. The van der Waals surface area contributed by atoms with Gasteiger partial charge in [-0.3, -0.25) is 0 Å². The van der Waals surface area contributed by atoms with Crippen molar-refractivity contribution in [3.05, 3.63) is 23.9 Å². The van der Waals surface area contributed by atoms with Gasteiger partial charge < -0.3 is 4.90 Å². The number of fused-ring (bicyclic) bond motifs is 1. The molecule has 1 aromatic rings. The minimum Gasteiger partial charge on any atom is -0.359 e. The summed E-state index contributed by atoms with van der Waals surface area (Å²) in [4.78, 5) is 6.61. The van der Waals surface area contributed by atoms with Crippen LogP contribution in [-0.4, -0.2) is 18.6 Å². The highest BCUT2D eigenvalue weighted by molar-refractivity contribution is 5.49. The Kier molecular flexibility index (Phi) is 1.75. The zero-order chi connectivity index (χ0) is 8.55. The fourth-order valence-electron chi connectivity index (χ4n) is 1.76. The number of rotatable bonds is 0. The summed E-state index contributed by atoms with van der Waals surface area (Å²) in [6, 6.07) is 4.21. The van der Waals surface area contributed by atoms with Crippen LogP contribution in [0.3, 0.4) is 0 Å². The number of pyridine rings is 1. The zero-order valence-electron chi connectivity index (χ0n) is 7.62. The molecule has 0 N–H and O–H groups in total. The summed E-state index contributed by atoms with van der Waals surface area (Å²) in [7, 11) is 2.11. The Bertz CT molecular complexity index is 254. The second-order valence-corrected chi connectivity index (χ2v) is 3.53. The number of hydrogen-bond donors (Lipinski definition) is 0. The lowest BCUT2D eigenvalue weighted by Gasteiger charge is -2.29. The van der Waals surface area contributed by atoms with Crippen molar-refractivity contribution in [2.45, 2.75) is 19.3 Å². The van der Waals surface area contributed by atoms with E-state index in [1.54, 1.807) is 0 Å². The quantitative estimate of drug-likeness (QED) is 0.580. The summed E-state index contributed by atoms with van der Waals surface area (Å²) >= 11 is 0. The summed E-state index contributed by atoms with van der Waals surface area (Å²) in [6.45, 7) is 3.40. The number of anilines is 1. The van der Waals surface area contributed by atoms with Gasteiger partial charge in [-0.2, -0.15) is 0 Å². The molecule has 1 aliphatic heterocycles. The molecule has 2 nitrogen and oxygen atoms in total. The average molecular weight is 162 g/mol. The van der Waals surface area contributed by atoms with E-state index in [9.17, 15) is 0 Å². The van der Waals surface area contributed by atoms with Gasteiger partial charge in [-0.25, -0.2) is 4.98 Å². The van der Waals surface area contributed by atoms with Gasteiger partial charge in [-0.15, -0.1) is 0 Å². The molecule has 2 heteroatoms. The van der Waals surface area contributed by atoms with Crippen molar-refractivity contribution < 1.29 is 0 Å². The Morgan fingerprint density at radius 2 is 2.42 bits per heavy atom. The Morgan fingerprint density at radius 3 is 3.17 bits per heavy atom. The fourth-order valence-corrected chi connectivity index (χ4v) is 1.76. The van der Waals surface area contributed by atoms with Crippen molar-refractivity contribution in [1.82, 2.24) is 4.98 Å². The molecule has 64 valence electrons. The van der Waals surface area contributed by atoms with Gasteiger partial charge in [0.25, 0.3) is 0 Å². The highest BCUT2D eigenvalue weighted by Gasteiger charge is 2.19. The molecule has 0 saturated heterocycles. The van der Waals surface area contributed by atoms with E-state index in [-0.39, 0.29) is 0 Å². The molecule has 0 fully saturated rings. The van der Waals surface area contributed by atoms with Crippen molar-refractivity contribution in [3.63, 3.8) is 0 Å². The van der Waals surface area contributed by atoms with E-state index >= 15 is 0 Å². The lowest BCUT2D eigenvalue weighted by atomic mass is 9.95. The third-order valence-corrected chi connectivity index (χ3v) is 2.61. The van der Waals surface area contributed by atoms with Gasteiger partial charge in [0.1, 0.15) is 5.82 Å². The summed E-state index contributed by atoms with van der Waals surface area (Å²) in [5.41, 5.74) is 1.39. The minimum atomic E-state index is 0.671. The largest absolute Gasteiger partial charge is 0.359 e. The van der Waals surface area contributed by atoms with E-state index in [1.807, 2.05) is 12.3 Å². The van der Waals surface area contributed by atoms with Gasteiger partial charge in [0.05, 0.1) is 0 Å². The third-order valence-electron chi connectivity index (χ3n) is 2.61. The van der Waals surface area contributed by atoms with Gasteiger partial charge in [0, 0.05) is 19.8 Å². The molecule has 2 rings (SSSR count). The maximum absolute atomic E-state index is 4.38. The van der Waals surface area contributed by atoms with Gasteiger partial charge in [0.2, 0.25) is 0 Å². The van der Waals surface area contributed by atoms with E-state index in [0.29, 0.717) is 5.92 Å². The van der Waals surface area contributed by atoms with Crippen LogP contribution in [-0.2, 0) is 0 Å². The van der Waals surface area contributed by atoms with Crippen LogP contribution in [0.15, 0.2) is 18.3 Å². The molecule has 1 aromatic heterocycles. The van der Waals surface area contributed by atoms with Crippen LogP contribution in [0.1, 0.15) is 24.8 Å². The highest BCUT2D eigenvalue weighted by Crippen LogP contribution is 2.31. The first-order valence-corrected chi connectivity index (χ1v) is 4.45. The second-order valence-electron chi connectivity index (χ2n) is 3.53. The molecule has 1 unspecified atom stereocenters. The second kappa shape index (κ2) is 2.77. The number of aromatic nitrogens is 1. The predicted octanol–water partition coefficient (Wildman–Crippen LogP) is 2.02. The van der Waals surface area contributed by atoms with Gasteiger partial charge >= 0.3 is 0 Å². The number of nitrogens with zero attached hydrogens (tertiary/aromatic N) is 2. The molecule has 0 spiro atoms. The molecule has 2 heterocycles. The molecule has 0 aliphatic carbocycles. The highest BCUT2D eigenvalue weighted by atomic mass is 15.2. The standard InChI is InChI=1S/C10H14N2/c1-8-5-7-12(2)10-9(8)4-3-6-11-10/h3-4,6,8H,5,7H2,1-2H3. The van der Waals surface area contributed by atoms with E-state index in [4.69, 9.17) is 0 Å². The van der Waals surface area contributed by atoms with Crippen LogP contribution in [0.2, 0.25) is 0 Å². The average Bonchev–Trinajstić information content (AvgIpc) is 2.12. The first-order valence-electron chi connectivity index (χ1n) is 4.45. The Hall–Kier alpha value is -1.05. The summed E-state index contributed by atoms with van der Waals surface area (Å²) in [6.07, 6.45) is 3.11. The maximum Gasteiger partial charge on any atom is 0.131 e. The molecule has 0 amide bonds. The third kappa shape index (κ3) is 1.07. The SMILES string of the molecule is CC1CCN(C)c2ncccc21. The zero-order valence-corrected chi connectivity index (χ0v) is 7.62. The number of hydrogen-bond acceptors (Lipinski definition) is 2. The van der Waals surface area contributed by atoms with Crippen molar-refractivity contribution >= 4 is 5.82 Å². The van der Waals surface area contributed by atoms with E-state index in [0.717, 1.165) is 12.4 Å². The van der Waals surface area contributed by atoms with Gasteiger partial charge in [0.15, 0.2) is 0 Å². The van der Waals surface area contributed by atoms with Gasteiger partial charge in [-0.1, -0.05) is 13.0 Å². The Labute approximate surface area is 73.2 Å². The summed E-state index contributed by atoms with van der Waals surface area (Å²) < 4.78 is 0. The summed E-state index contributed by atoms with van der Waals surface area (Å²) in [5.74, 6) is 1.83. The van der Waals surface area contributed by atoms with Crippen LogP contribution in [0.25, 0.3) is 0 Å². The lowest BCUT2D eigenvalue weighted by Crippen LogP contribution is -2.27. The van der Waals surface area contributed by atoms with Crippen molar-refractivity contribution in [3.8, 4) is 0 Å². The van der Waals surface area contributed by atoms with Gasteiger partial charge in [-0.05, 0) is 24.0 Å². The molecule has 1 atom stereocenters. The van der Waals surface area contributed by atoms with Crippen molar-refractivity contribution in [1.29, 1.82) is 0 Å². The van der Waals surface area contributed by atoms with E-state index in [2.05, 4.69) is 29.9 Å². The first kappa shape index (κ1) is 7.59. The monoisotopic (exact) mass is 162 g/mol. The lowest BCUT2D eigenvalue weighted by molar-refractivity contribution is 0.629. The Morgan fingerprint density at radius 1 is 1.58 bits per heavy atom. The molecule has 0 bridgehead atoms. The topological polar surface area (TPSA) is 16.1 Å². The molecule has 0 aromatic carbocycles. The molecule has 0 radical (unpaired) electrons. The molecule has 1 aliphatic rings. The van der Waals surface area contributed by atoms with E-state index < -0.39 is 0 Å². The molecular formula is C10H14N2. The van der Waals surface area contributed by atoms with Crippen LogP contribution >= 0.6 is 0 Å². The fraction of sp³-hybridized carbons (Fsp3) is 0.500. The predicted molar refractivity (Wildman–Crippen MR) is 50.5 cm³/mol. The molecule has 12 heavy (non-hydrogen) atoms. The van der Waals surface area contributed by atoms with Crippen LogP contribution in [0, 0.1) is 0 Å². The van der Waals surface area contributed by atoms with E-state index in [1.165, 1.54) is 12.0 Å². The maximum atomic E-state index is 4.38. The van der Waals surface area contributed by atoms with Crippen LogP contribution < -0.4 is 4.90 Å². The minimum absolute atomic E-state index is 0.671. The van der Waals surface area contributed by atoms with Crippen LogP contribution in [0.5, 0.6) is 0 Å². The summed E-state index contributed by atoms with van der Waals surface area (Å²) in [5, 5.41) is 0. The molecular weight excluding hydrogens is 148 g/mol. The van der Waals surface area contributed by atoms with Crippen molar-refractivity contribution in [2.24, 2.45) is 0 Å².